The third-order valence-electron chi connectivity index (χ3n) is 2.49. The molecule has 0 bridgehead atoms. The number of halogens is 1. The van der Waals surface area contributed by atoms with E-state index in [1.165, 1.54) is 6.07 Å². The molecule has 0 atom stereocenters. The molecule has 1 aliphatic rings. The van der Waals surface area contributed by atoms with Crippen molar-refractivity contribution >= 4 is 5.69 Å². The highest BCUT2D eigenvalue weighted by Gasteiger charge is 2.47. The second kappa shape index (κ2) is 2.46. The van der Waals surface area contributed by atoms with Crippen molar-refractivity contribution in [3.05, 3.63) is 29.6 Å². The zero-order valence-electron chi connectivity index (χ0n) is 7.05. The highest BCUT2D eigenvalue weighted by Crippen LogP contribution is 2.50. The molecule has 0 aromatic heterocycles. The maximum Gasteiger partial charge on any atom is 0.130 e. The predicted octanol–water partition coefficient (Wildman–Crippen LogP) is 1.96. The van der Waals surface area contributed by atoms with Crippen molar-refractivity contribution in [3.63, 3.8) is 0 Å². The van der Waals surface area contributed by atoms with Crippen molar-refractivity contribution in [2.24, 2.45) is 0 Å². The van der Waals surface area contributed by atoms with Crippen LogP contribution in [0.2, 0.25) is 0 Å². The molecular formula is C10H9FN2. The largest absolute Gasteiger partial charge is 0.398 e. The number of benzene rings is 1. The molecule has 2 N–H and O–H groups in total. The molecule has 0 saturated heterocycles. The molecule has 0 heterocycles. The van der Waals surface area contributed by atoms with Crippen LogP contribution in [0.15, 0.2) is 18.2 Å². The molecule has 1 aromatic rings. The molecule has 2 nitrogen and oxygen atoms in total. The molecule has 0 amide bonds. The Morgan fingerprint density at radius 3 is 2.62 bits per heavy atom. The van der Waals surface area contributed by atoms with Crippen molar-refractivity contribution in [2.75, 3.05) is 5.73 Å². The number of rotatable bonds is 1. The third-order valence-corrected chi connectivity index (χ3v) is 2.49. The lowest BCUT2D eigenvalue weighted by Gasteiger charge is -2.10. The quantitative estimate of drug-likeness (QED) is 0.665. The molecule has 0 unspecified atom stereocenters. The molecule has 1 fully saturated rings. The van der Waals surface area contributed by atoms with Crippen LogP contribution in [-0.4, -0.2) is 0 Å². The van der Waals surface area contributed by atoms with Crippen molar-refractivity contribution in [1.82, 2.24) is 0 Å². The predicted molar refractivity (Wildman–Crippen MR) is 47.3 cm³/mol. The van der Waals surface area contributed by atoms with Crippen LogP contribution < -0.4 is 5.73 Å². The van der Waals surface area contributed by atoms with Crippen molar-refractivity contribution in [2.45, 2.75) is 18.3 Å². The minimum Gasteiger partial charge on any atom is -0.398 e. The van der Waals surface area contributed by atoms with E-state index in [0.29, 0.717) is 24.1 Å². The van der Waals surface area contributed by atoms with Gasteiger partial charge in [0.05, 0.1) is 11.5 Å². The number of hydrogen-bond donors (Lipinski definition) is 1. The van der Waals surface area contributed by atoms with Crippen LogP contribution in [-0.2, 0) is 5.41 Å². The van der Waals surface area contributed by atoms with Crippen LogP contribution in [0.25, 0.3) is 0 Å². The molecule has 2 rings (SSSR count). The second-order valence-electron chi connectivity index (χ2n) is 3.40. The van der Waals surface area contributed by atoms with Gasteiger partial charge in [0.15, 0.2) is 0 Å². The Morgan fingerprint density at radius 2 is 2.15 bits per heavy atom. The summed E-state index contributed by atoms with van der Waals surface area (Å²) < 4.78 is 13.3. The Bertz CT molecular complexity index is 368. The molecule has 1 aliphatic carbocycles. The summed E-state index contributed by atoms with van der Waals surface area (Å²) in [4.78, 5) is 0. The molecule has 3 heteroatoms. The summed E-state index contributed by atoms with van der Waals surface area (Å²) in [5, 5.41) is 8.89. The van der Waals surface area contributed by atoms with Gasteiger partial charge < -0.3 is 5.73 Å². The van der Waals surface area contributed by atoms with Gasteiger partial charge >= 0.3 is 0 Å². The van der Waals surface area contributed by atoms with Gasteiger partial charge in [0, 0.05) is 11.3 Å². The zero-order chi connectivity index (χ0) is 9.47. The van der Waals surface area contributed by atoms with E-state index in [1.54, 1.807) is 12.1 Å². The summed E-state index contributed by atoms with van der Waals surface area (Å²) in [7, 11) is 0. The van der Waals surface area contributed by atoms with E-state index in [-0.39, 0.29) is 5.82 Å². The lowest BCUT2D eigenvalue weighted by Crippen LogP contribution is -2.09. The molecule has 13 heavy (non-hydrogen) atoms. The SMILES string of the molecule is N#CC1(c2c(N)cccc2F)CC1. The molecule has 66 valence electrons. The van der Waals surface area contributed by atoms with Crippen molar-refractivity contribution < 1.29 is 4.39 Å². The Kier molecular flexibility index (Phi) is 1.53. The molecule has 1 aromatic carbocycles. The minimum absolute atomic E-state index is 0.362. The smallest absolute Gasteiger partial charge is 0.130 e. The molecule has 0 radical (unpaired) electrons. The van der Waals surface area contributed by atoms with Crippen LogP contribution >= 0.6 is 0 Å². The monoisotopic (exact) mass is 176 g/mol. The van der Waals surface area contributed by atoms with Crippen LogP contribution in [0.1, 0.15) is 18.4 Å². The maximum atomic E-state index is 13.3. The van der Waals surface area contributed by atoms with Gasteiger partial charge in [-0.25, -0.2) is 4.39 Å². The van der Waals surface area contributed by atoms with E-state index < -0.39 is 5.41 Å². The number of nitriles is 1. The van der Waals surface area contributed by atoms with Gasteiger partial charge in [-0.3, -0.25) is 0 Å². The second-order valence-corrected chi connectivity index (χ2v) is 3.40. The maximum absolute atomic E-state index is 13.3. The van der Waals surface area contributed by atoms with E-state index in [9.17, 15) is 4.39 Å². The molecular weight excluding hydrogens is 167 g/mol. The topological polar surface area (TPSA) is 49.8 Å². The van der Waals surface area contributed by atoms with Gasteiger partial charge in [0.25, 0.3) is 0 Å². The average molecular weight is 176 g/mol. The number of nitrogens with zero attached hydrogens (tertiary/aromatic N) is 1. The molecule has 0 spiro atoms. The number of anilines is 1. The normalized spacial score (nSPS) is 17.8. The summed E-state index contributed by atoms with van der Waals surface area (Å²) in [6.07, 6.45) is 1.43. The summed E-state index contributed by atoms with van der Waals surface area (Å²) in [6, 6.07) is 6.67. The van der Waals surface area contributed by atoms with Gasteiger partial charge in [0.1, 0.15) is 5.82 Å². The molecule has 0 aliphatic heterocycles. The number of nitrogen functional groups attached to an aromatic ring is 1. The van der Waals surface area contributed by atoms with Crippen LogP contribution in [0.4, 0.5) is 10.1 Å². The minimum atomic E-state index is -0.630. The van der Waals surface area contributed by atoms with Gasteiger partial charge in [-0.2, -0.15) is 5.26 Å². The van der Waals surface area contributed by atoms with E-state index in [4.69, 9.17) is 11.0 Å². The van der Waals surface area contributed by atoms with Gasteiger partial charge in [-0.15, -0.1) is 0 Å². The summed E-state index contributed by atoms with van der Waals surface area (Å²) in [5.74, 6) is -0.362. The van der Waals surface area contributed by atoms with Crippen LogP contribution in [0.3, 0.4) is 0 Å². The van der Waals surface area contributed by atoms with E-state index in [2.05, 4.69) is 6.07 Å². The first kappa shape index (κ1) is 8.06. The van der Waals surface area contributed by atoms with Gasteiger partial charge in [0.2, 0.25) is 0 Å². The lowest BCUT2D eigenvalue weighted by molar-refractivity contribution is 0.601. The van der Waals surface area contributed by atoms with Gasteiger partial charge in [-0.1, -0.05) is 6.07 Å². The van der Waals surface area contributed by atoms with Crippen LogP contribution in [0.5, 0.6) is 0 Å². The number of nitrogens with two attached hydrogens (primary N) is 1. The van der Waals surface area contributed by atoms with Gasteiger partial charge in [-0.05, 0) is 25.0 Å². The molecule has 1 saturated carbocycles. The first-order chi connectivity index (χ1) is 6.19. The Hall–Kier alpha value is -1.56. The number of hydrogen-bond acceptors (Lipinski definition) is 2. The fraction of sp³-hybridized carbons (Fsp3) is 0.300. The average Bonchev–Trinajstić information content (AvgIpc) is 2.85. The highest BCUT2D eigenvalue weighted by molar-refractivity contribution is 5.56. The summed E-state index contributed by atoms with van der Waals surface area (Å²) in [5.41, 5.74) is 5.78. The third kappa shape index (κ3) is 1.06. The van der Waals surface area contributed by atoms with Crippen molar-refractivity contribution in [3.8, 4) is 6.07 Å². The van der Waals surface area contributed by atoms with Crippen molar-refractivity contribution in [1.29, 1.82) is 5.26 Å². The first-order valence-corrected chi connectivity index (χ1v) is 4.15. The Labute approximate surface area is 75.8 Å². The zero-order valence-corrected chi connectivity index (χ0v) is 7.05. The Balaban J connectivity index is 2.58. The fourth-order valence-electron chi connectivity index (χ4n) is 1.59. The van der Waals surface area contributed by atoms with Crippen LogP contribution in [0, 0.1) is 17.1 Å². The standard InChI is InChI=1S/C10H9FN2/c11-7-2-1-3-8(13)9(7)10(6-12)4-5-10/h1-3H,4-5,13H2. The fourth-order valence-corrected chi connectivity index (χ4v) is 1.59. The van der Waals surface area contributed by atoms with E-state index in [1.807, 2.05) is 0 Å². The highest BCUT2D eigenvalue weighted by atomic mass is 19.1. The summed E-state index contributed by atoms with van der Waals surface area (Å²) in [6.45, 7) is 0. The first-order valence-electron chi connectivity index (χ1n) is 4.15. The summed E-state index contributed by atoms with van der Waals surface area (Å²) >= 11 is 0. The lowest BCUT2D eigenvalue weighted by atomic mass is 9.95. The Morgan fingerprint density at radius 1 is 1.46 bits per heavy atom. The van der Waals surface area contributed by atoms with E-state index >= 15 is 0 Å². The van der Waals surface area contributed by atoms with E-state index in [0.717, 1.165) is 0 Å².